The maximum Gasteiger partial charge on any atom is 0.339 e. The monoisotopic (exact) mass is 473 g/mol. The van der Waals surface area contributed by atoms with Gasteiger partial charge in [-0.1, -0.05) is 38.8 Å². The van der Waals surface area contributed by atoms with Gasteiger partial charge in [0.1, 0.15) is 5.76 Å². The van der Waals surface area contributed by atoms with Crippen LogP contribution in [0.4, 0.5) is 5.69 Å². The zero-order valence-corrected chi connectivity index (χ0v) is 20.1. The van der Waals surface area contributed by atoms with Crippen LogP contribution in [0.25, 0.3) is 0 Å². The number of sulfonamides is 1. The minimum Gasteiger partial charge on any atom is -0.507 e. The van der Waals surface area contributed by atoms with Crippen molar-refractivity contribution in [3.8, 4) is 0 Å². The van der Waals surface area contributed by atoms with E-state index in [0.717, 1.165) is 31.2 Å². The summed E-state index contributed by atoms with van der Waals surface area (Å²) >= 11 is 0. The molecule has 9 heteroatoms. The fourth-order valence-corrected chi connectivity index (χ4v) is 5.84. The zero-order valence-electron chi connectivity index (χ0n) is 19.2. The van der Waals surface area contributed by atoms with Crippen LogP contribution in [0.5, 0.6) is 0 Å². The van der Waals surface area contributed by atoms with E-state index < -0.39 is 21.6 Å². The summed E-state index contributed by atoms with van der Waals surface area (Å²) < 4.78 is 35.4. The molecule has 178 valence electrons. The number of benzene rings is 1. The number of hydrogen-bond donors (Lipinski definition) is 2. The van der Waals surface area contributed by atoms with Crippen LogP contribution in [0.2, 0.25) is 0 Å². The van der Waals surface area contributed by atoms with Crippen LogP contribution in [0.3, 0.4) is 0 Å². The predicted molar refractivity (Wildman–Crippen MR) is 124 cm³/mol. The minimum absolute atomic E-state index is 0.0487. The largest absolute Gasteiger partial charge is 0.507 e. The number of aliphatic hydroxyl groups is 1. The van der Waals surface area contributed by atoms with E-state index in [1.165, 1.54) is 12.5 Å². The maximum atomic E-state index is 13.0. The second-order valence-corrected chi connectivity index (χ2v) is 10.7. The van der Waals surface area contributed by atoms with Crippen LogP contribution in [-0.4, -0.2) is 34.6 Å². The molecule has 1 saturated carbocycles. The highest BCUT2D eigenvalue weighted by Gasteiger charge is 2.51. The Morgan fingerprint density at radius 1 is 1.27 bits per heavy atom. The molecule has 2 aliphatic rings. The van der Waals surface area contributed by atoms with E-state index in [-0.39, 0.29) is 22.6 Å². The van der Waals surface area contributed by atoms with Crippen molar-refractivity contribution in [2.24, 2.45) is 13.0 Å². The molecule has 2 heterocycles. The van der Waals surface area contributed by atoms with Gasteiger partial charge in [-0.15, -0.1) is 0 Å². The van der Waals surface area contributed by atoms with Crippen LogP contribution in [-0.2, 0) is 26.6 Å². The van der Waals surface area contributed by atoms with Crippen molar-refractivity contribution >= 4 is 21.7 Å². The molecule has 1 aromatic heterocycles. The SMILES string of the molecule is CCCC1(CCC)OC(=O)C(C(c2cccc(NS(=O)(=O)c3cn(C)cn3)c2)C2CC2)=C1O. The Hall–Kier alpha value is -2.81. The number of imidazole rings is 1. The first-order valence-corrected chi connectivity index (χ1v) is 13.0. The number of aliphatic hydroxyl groups excluding tert-OH is 1. The zero-order chi connectivity index (χ0) is 23.8. The lowest BCUT2D eigenvalue weighted by Gasteiger charge is -2.27. The van der Waals surface area contributed by atoms with Gasteiger partial charge in [-0.2, -0.15) is 8.42 Å². The fraction of sp³-hybridized carbons (Fsp3) is 0.500. The van der Waals surface area contributed by atoms with Gasteiger partial charge >= 0.3 is 5.97 Å². The number of aromatic nitrogens is 2. The minimum atomic E-state index is -3.85. The summed E-state index contributed by atoms with van der Waals surface area (Å²) in [6.07, 6.45) is 7.44. The van der Waals surface area contributed by atoms with E-state index in [4.69, 9.17) is 4.74 Å². The lowest BCUT2D eigenvalue weighted by atomic mass is 9.82. The molecule has 1 unspecified atom stereocenters. The number of carbonyl (C=O) groups excluding carboxylic acids is 1. The van der Waals surface area contributed by atoms with Gasteiger partial charge in [0.2, 0.25) is 0 Å². The standard InChI is InChI=1S/C24H31N3O5S/c1-4-11-24(12-5-2)22(28)21(23(29)32-24)20(16-9-10-16)17-7-6-8-18(13-17)26-33(30,31)19-14-27(3)15-25-19/h6-8,13-16,20,26,28H,4-5,9-12H2,1-3H3. The van der Waals surface area contributed by atoms with Gasteiger partial charge in [0.25, 0.3) is 10.0 Å². The van der Waals surface area contributed by atoms with Crippen LogP contribution in [0, 0.1) is 5.92 Å². The molecule has 33 heavy (non-hydrogen) atoms. The number of aryl methyl sites for hydroxylation is 1. The van der Waals surface area contributed by atoms with E-state index in [2.05, 4.69) is 9.71 Å². The number of rotatable bonds is 10. The lowest BCUT2D eigenvalue weighted by Crippen LogP contribution is -2.31. The molecule has 8 nitrogen and oxygen atoms in total. The first kappa shape index (κ1) is 23.4. The quantitative estimate of drug-likeness (QED) is 0.494. The number of ether oxygens (including phenoxy) is 1. The molecule has 4 rings (SSSR count). The third kappa shape index (κ3) is 4.51. The Morgan fingerprint density at radius 3 is 2.55 bits per heavy atom. The highest BCUT2D eigenvalue weighted by atomic mass is 32.2. The Balaban J connectivity index is 1.70. The number of cyclic esters (lactones) is 1. The number of carbonyl (C=O) groups is 1. The normalized spacial score (nSPS) is 18.9. The lowest BCUT2D eigenvalue weighted by molar-refractivity contribution is -0.149. The molecule has 1 aliphatic carbocycles. The van der Waals surface area contributed by atoms with Crippen LogP contribution in [0.15, 0.2) is 53.1 Å². The predicted octanol–water partition coefficient (Wildman–Crippen LogP) is 4.42. The summed E-state index contributed by atoms with van der Waals surface area (Å²) in [5.74, 6) is -0.554. The highest BCUT2D eigenvalue weighted by Crippen LogP contribution is 2.52. The van der Waals surface area contributed by atoms with E-state index in [9.17, 15) is 18.3 Å². The van der Waals surface area contributed by atoms with Crippen molar-refractivity contribution in [1.29, 1.82) is 0 Å². The van der Waals surface area contributed by atoms with Crippen LogP contribution < -0.4 is 4.72 Å². The highest BCUT2D eigenvalue weighted by molar-refractivity contribution is 7.92. The van der Waals surface area contributed by atoms with Gasteiger partial charge in [-0.05, 0) is 49.3 Å². The maximum absolute atomic E-state index is 13.0. The van der Waals surface area contributed by atoms with Gasteiger partial charge in [-0.3, -0.25) is 4.72 Å². The molecule has 0 spiro atoms. The van der Waals surface area contributed by atoms with Gasteiger partial charge in [0.15, 0.2) is 10.6 Å². The second kappa shape index (κ2) is 8.85. The van der Waals surface area contributed by atoms with Crippen LogP contribution in [0.1, 0.15) is 63.9 Å². The summed E-state index contributed by atoms with van der Waals surface area (Å²) in [7, 11) is -2.15. The Morgan fingerprint density at radius 2 is 1.97 bits per heavy atom. The summed E-state index contributed by atoms with van der Waals surface area (Å²) in [6.45, 7) is 4.01. The van der Waals surface area contributed by atoms with Gasteiger partial charge < -0.3 is 14.4 Å². The van der Waals surface area contributed by atoms with E-state index in [0.29, 0.717) is 24.1 Å². The topological polar surface area (TPSA) is 111 Å². The number of esters is 1. The molecular formula is C24H31N3O5S. The van der Waals surface area contributed by atoms with Gasteiger partial charge in [-0.25, -0.2) is 9.78 Å². The number of hydrogen-bond acceptors (Lipinski definition) is 6. The summed E-state index contributed by atoms with van der Waals surface area (Å²) in [5.41, 5.74) is 0.523. The Bertz CT molecular complexity index is 1170. The summed E-state index contributed by atoms with van der Waals surface area (Å²) in [4.78, 5) is 17.0. The molecule has 0 bridgehead atoms. The number of nitrogens with one attached hydrogen (secondary N) is 1. The molecule has 1 fully saturated rings. The molecule has 0 saturated heterocycles. The first-order valence-electron chi connectivity index (χ1n) is 11.5. The van der Waals surface area contributed by atoms with E-state index in [1.54, 1.807) is 29.8 Å². The molecular weight excluding hydrogens is 442 g/mol. The second-order valence-electron chi connectivity index (χ2n) is 9.07. The molecule has 2 N–H and O–H groups in total. The van der Waals surface area contributed by atoms with Crippen molar-refractivity contribution in [2.75, 3.05) is 4.72 Å². The smallest absolute Gasteiger partial charge is 0.339 e. The number of anilines is 1. The molecule has 1 atom stereocenters. The Kier molecular flexibility index (Phi) is 6.26. The molecule has 2 aromatic rings. The van der Waals surface area contributed by atoms with Crippen molar-refractivity contribution < 1.29 is 23.1 Å². The van der Waals surface area contributed by atoms with Crippen molar-refractivity contribution in [3.63, 3.8) is 0 Å². The van der Waals surface area contributed by atoms with Crippen molar-refractivity contribution in [2.45, 2.75) is 68.9 Å². The molecule has 1 aliphatic heterocycles. The third-order valence-corrected chi connectivity index (χ3v) is 7.63. The fourth-order valence-electron chi connectivity index (χ4n) is 4.80. The van der Waals surface area contributed by atoms with E-state index >= 15 is 0 Å². The van der Waals surface area contributed by atoms with Crippen LogP contribution >= 0.6 is 0 Å². The molecule has 0 amide bonds. The number of nitrogens with zero attached hydrogens (tertiary/aromatic N) is 2. The van der Waals surface area contributed by atoms with Crippen molar-refractivity contribution in [1.82, 2.24) is 9.55 Å². The van der Waals surface area contributed by atoms with E-state index in [1.807, 2.05) is 19.9 Å². The van der Waals surface area contributed by atoms with Crippen molar-refractivity contribution in [3.05, 3.63) is 53.7 Å². The summed E-state index contributed by atoms with van der Waals surface area (Å²) in [5, 5.41) is 11.2. The molecule has 1 aromatic carbocycles. The molecule has 0 radical (unpaired) electrons. The summed E-state index contributed by atoms with van der Waals surface area (Å²) in [6, 6.07) is 7.02. The first-order chi connectivity index (χ1) is 15.7. The van der Waals surface area contributed by atoms with Gasteiger partial charge in [0.05, 0.1) is 11.9 Å². The third-order valence-electron chi connectivity index (χ3n) is 6.36. The Labute approximate surface area is 194 Å². The average molecular weight is 474 g/mol. The van der Waals surface area contributed by atoms with Gasteiger partial charge in [0, 0.05) is 24.8 Å². The average Bonchev–Trinajstić information content (AvgIpc) is 3.44.